The van der Waals surface area contributed by atoms with Gasteiger partial charge in [-0.3, -0.25) is 19.7 Å². The largest absolute Gasteiger partial charge is 0.530 e. The fourth-order valence-corrected chi connectivity index (χ4v) is 2.37. The van der Waals surface area contributed by atoms with E-state index in [1.165, 1.54) is 19.2 Å². The number of hydrogen-bond acceptors (Lipinski definition) is 6. The van der Waals surface area contributed by atoms with Crippen molar-refractivity contribution in [3.05, 3.63) is 39.4 Å². The topological polar surface area (TPSA) is 107 Å². The summed E-state index contributed by atoms with van der Waals surface area (Å²) in [5.41, 5.74) is -0.762. The second-order valence-electron chi connectivity index (χ2n) is 3.65. The molecule has 2 amide bonds. The van der Waals surface area contributed by atoms with E-state index in [1.54, 1.807) is 0 Å². The SMILES string of the molecule is CO[P+](=O)CN1C(=O)c2cccc([N+](=O)[O-])c2C1=O. The molecule has 1 aromatic rings. The molecule has 0 saturated heterocycles. The Labute approximate surface area is 108 Å². The Morgan fingerprint density at radius 1 is 1.37 bits per heavy atom. The smallest absolute Gasteiger partial charge is 0.268 e. The molecule has 1 unspecified atom stereocenters. The Bertz CT molecular complexity index is 614. The summed E-state index contributed by atoms with van der Waals surface area (Å²) >= 11 is 0. The maximum absolute atomic E-state index is 12.0. The van der Waals surface area contributed by atoms with Crippen LogP contribution >= 0.6 is 8.03 Å². The quantitative estimate of drug-likeness (QED) is 0.359. The van der Waals surface area contributed by atoms with E-state index >= 15 is 0 Å². The average Bonchev–Trinajstić information content (AvgIpc) is 2.63. The molecule has 0 N–H and O–H groups in total. The van der Waals surface area contributed by atoms with Crippen LogP contribution in [0, 0.1) is 10.1 Å². The van der Waals surface area contributed by atoms with Gasteiger partial charge in [0.2, 0.25) is 0 Å². The van der Waals surface area contributed by atoms with Gasteiger partial charge in [0.25, 0.3) is 23.8 Å². The first-order valence-electron chi connectivity index (χ1n) is 5.09. The summed E-state index contributed by atoms with van der Waals surface area (Å²) < 4.78 is 15.8. The Hall–Kier alpha value is -2.18. The number of amides is 2. The first kappa shape index (κ1) is 13.3. The number of fused-ring (bicyclic) bond motifs is 1. The van der Waals surface area contributed by atoms with Gasteiger partial charge in [-0.15, -0.1) is 4.52 Å². The standard InChI is InChI=1S/C10H8N2O6P/c1-18-19(17)5-11-9(13)6-3-2-4-7(12(15)16)8(6)10(11)14/h2-4H,5H2,1H3/q+1. The number of benzene rings is 1. The van der Waals surface area contributed by atoms with Crippen LogP contribution in [0.15, 0.2) is 18.2 Å². The van der Waals surface area contributed by atoms with E-state index in [-0.39, 0.29) is 11.1 Å². The fraction of sp³-hybridized carbons (Fsp3) is 0.200. The Kier molecular flexibility index (Phi) is 3.37. The van der Waals surface area contributed by atoms with Crippen LogP contribution in [0.3, 0.4) is 0 Å². The van der Waals surface area contributed by atoms with Gasteiger partial charge in [0.15, 0.2) is 0 Å². The van der Waals surface area contributed by atoms with E-state index in [1.807, 2.05) is 0 Å². The summed E-state index contributed by atoms with van der Waals surface area (Å²) in [7, 11) is -1.03. The molecule has 2 rings (SSSR count). The highest BCUT2D eigenvalue weighted by atomic mass is 31.1. The van der Waals surface area contributed by atoms with Gasteiger partial charge in [0, 0.05) is 6.07 Å². The van der Waals surface area contributed by atoms with Crippen molar-refractivity contribution >= 4 is 25.5 Å². The van der Waals surface area contributed by atoms with Gasteiger partial charge in [-0.05, 0) is 10.6 Å². The van der Waals surface area contributed by atoms with Crippen LogP contribution < -0.4 is 0 Å². The predicted molar refractivity (Wildman–Crippen MR) is 63.1 cm³/mol. The molecular weight excluding hydrogens is 275 g/mol. The molecule has 0 aliphatic carbocycles. The summed E-state index contributed by atoms with van der Waals surface area (Å²) in [6.45, 7) is 0. The molecule has 98 valence electrons. The van der Waals surface area contributed by atoms with E-state index in [2.05, 4.69) is 4.52 Å². The monoisotopic (exact) mass is 283 g/mol. The van der Waals surface area contributed by atoms with E-state index in [9.17, 15) is 24.3 Å². The molecule has 0 saturated carbocycles. The van der Waals surface area contributed by atoms with Gasteiger partial charge in [0.05, 0.1) is 17.6 Å². The van der Waals surface area contributed by atoms with Gasteiger partial charge in [-0.2, -0.15) is 0 Å². The fourth-order valence-electron chi connectivity index (χ4n) is 1.77. The molecule has 9 heteroatoms. The molecular formula is C10H8N2O6P+. The van der Waals surface area contributed by atoms with Crippen molar-refractivity contribution < 1.29 is 23.6 Å². The van der Waals surface area contributed by atoms with Crippen LogP contribution in [0.4, 0.5) is 5.69 Å². The number of carbonyl (C=O) groups excluding carboxylic acids is 2. The number of imide groups is 1. The van der Waals surface area contributed by atoms with Gasteiger partial charge in [0.1, 0.15) is 5.56 Å². The first-order chi connectivity index (χ1) is 8.97. The van der Waals surface area contributed by atoms with Gasteiger partial charge >= 0.3 is 8.03 Å². The summed E-state index contributed by atoms with van der Waals surface area (Å²) in [5, 5.41) is 10.8. The molecule has 0 radical (unpaired) electrons. The number of hydrogen-bond donors (Lipinski definition) is 0. The summed E-state index contributed by atoms with van der Waals surface area (Å²) in [6, 6.07) is 3.79. The lowest BCUT2D eigenvalue weighted by Gasteiger charge is -2.04. The average molecular weight is 283 g/mol. The molecule has 8 nitrogen and oxygen atoms in total. The molecule has 1 aromatic carbocycles. The zero-order valence-electron chi connectivity index (χ0n) is 9.73. The van der Waals surface area contributed by atoms with E-state index in [4.69, 9.17) is 0 Å². The second kappa shape index (κ2) is 4.83. The Morgan fingerprint density at radius 2 is 2.05 bits per heavy atom. The van der Waals surface area contributed by atoms with Crippen molar-refractivity contribution in [2.75, 3.05) is 13.4 Å². The molecule has 19 heavy (non-hydrogen) atoms. The number of nitrogens with zero attached hydrogens (tertiary/aromatic N) is 2. The van der Waals surface area contributed by atoms with Crippen LogP contribution in [0.25, 0.3) is 0 Å². The van der Waals surface area contributed by atoms with Crippen molar-refractivity contribution in [3.63, 3.8) is 0 Å². The van der Waals surface area contributed by atoms with Gasteiger partial charge in [-0.1, -0.05) is 6.07 Å². The molecule has 0 aromatic heterocycles. The maximum Gasteiger partial charge on any atom is 0.530 e. The van der Waals surface area contributed by atoms with Gasteiger partial charge in [-0.25, -0.2) is 4.90 Å². The number of nitro groups is 1. The van der Waals surface area contributed by atoms with Crippen LogP contribution in [-0.4, -0.2) is 35.0 Å². The summed E-state index contributed by atoms with van der Waals surface area (Å²) in [6.07, 6.45) is -0.421. The number of rotatable bonds is 4. The van der Waals surface area contributed by atoms with Crippen LogP contribution in [0.1, 0.15) is 20.7 Å². The highest BCUT2D eigenvalue weighted by Crippen LogP contribution is 2.33. The van der Waals surface area contributed by atoms with Crippen molar-refractivity contribution in [1.82, 2.24) is 4.90 Å². The van der Waals surface area contributed by atoms with Crippen molar-refractivity contribution in [2.24, 2.45) is 0 Å². The second-order valence-corrected chi connectivity index (χ2v) is 4.97. The van der Waals surface area contributed by atoms with Crippen LogP contribution in [-0.2, 0) is 9.09 Å². The minimum absolute atomic E-state index is 0.0568. The maximum atomic E-state index is 12.0. The number of carbonyl (C=O) groups is 2. The van der Waals surface area contributed by atoms with Crippen molar-refractivity contribution in [3.8, 4) is 0 Å². The third-order valence-electron chi connectivity index (χ3n) is 2.63. The molecule has 0 spiro atoms. The Balaban J connectivity index is 2.47. The lowest BCUT2D eigenvalue weighted by molar-refractivity contribution is -0.385. The molecule has 1 atom stereocenters. The zero-order chi connectivity index (χ0) is 14.2. The first-order valence-corrected chi connectivity index (χ1v) is 6.46. The van der Waals surface area contributed by atoms with E-state index in [0.717, 1.165) is 6.07 Å². The van der Waals surface area contributed by atoms with E-state index < -0.39 is 36.7 Å². The highest BCUT2D eigenvalue weighted by Gasteiger charge is 2.44. The van der Waals surface area contributed by atoms with Crippen LogP contribution in [0.2, 0.25) is 0 Å². The van der Waals surface area contributed by atoms with Crippen molar-refractivity contribution in [2.45, 2.75) is 0 Å². The summed E-state index contributed by atoms with van der Waals surface area (Å²) in [4.78, 5) is 34.7. The third kappa shape index (κ3) is 2.11. The van der Waals surface area contributed by atoms with E-state index in [0.29, 0.717) is 4.90 Å². The normalized spacial score (nSPS) is 14.6. The molecule has 0 bridgehead atoms. The van der Waals surface area contributed by atoms with Crippen molar-refractivity contribution in [1.29, 1.82) is 0 Å². The third-order valence-corrected chi connectivity index (χ3v) is 3.56. The molecule has 1 heterocycles. The molecule has 1 aliphatic rings. The lowest BCUT2D eigenvalue weighted by atomic mass is 10.1. The molecule has 0 fully saturated rings. The summed E-state index contributed by atoms with van der Waals surface area (Å²) in [5.74, 6) is -1.53. The Morgan fingerprint density at radius 3 is 2.63 bits per heavy atom. The molecule has 1 aliphatic heterocycles. The highest BCUT2D eigenvalue weighted by molar-refractivity contribution is 7.39. The van der Waals surface area contributed by atoms with Crippen LogP contribution in [0.5, 0.6) is 0 Å². The minimum Gasteiger partial charge on any atom is -0.268 e. The number of nitro benzene ring substituents is 1. The minimum atomic E-state index is -2.21. The lowest BCUT2D eigenvalue weighted by Crippen LogP contribution is -2.29. The zero-order valence-corrected chi connectivity index (χ0v) is 10.6. The van der Waals surface area contributed by atoms with Gasteiger partial charge < -0.3 is 0 Å². The predicted octanol–water partition coefficient (Wildman–Crippen LogP) is 1.54.